The Morgan fingerprint density at radius 2 is 2.07 bits per heavy atom. The fraction of sp³-hybridized carbons (Fsp3) is 0.500. The fourth-order valence-electron chi connectivity index (χ4n) is 2.15. The predicted molar refractivity (Wildman–Crippen MR) is 59.8 cm³/mol. The minimum Gasteiger partial charge on any atom is -0.396 e. The van der Waals surface area contributed by atoms with Crippen LogP contribution in [-0.4, -0.2) is 29.9 Å². The summed E-state index contributed by atoms with van der Waals surface area (Å²) in [4.78, 5) is 2.24. The summed E-state index contributed by atoms with van der Waals surface area (Å²) < 4.78 is 0. The Kier molecular flexibility index (Phi) is 3.23. The average molecular weight is 207 g/mol. The molecule has 3 heteroatoms. The molecule has 1 unspecified atom stereocenters. The summed E-state index contributed by atoms with van der Waals surface area (Å²) in [7, 11) is 0. The molecule has 1 aromatic rings. The van der Waals surface area contributed by atoms with Crippen LogP contribution in [0, 0.1) is 5.92 Å². The molecule has 0 aromatic heterocycles. The van der Waals surface area contributed by atoms with Gasteiger partial charge in [-0.3, -0.25) is 0 Å². The van der Waals surface area contributed by atoms with Gasteiger partial charge in [0.05, 0.1) is 6.61 Å². The van der Waals surface area contributed by atoms with Crippen LogP contribution >= 0.6 is 0 Å². The van der Waals surface area contributed by atoms with Gasteiger partial charge in [0.2, 0.25) is 0 Å². The third-order valence-corrected chi connectivity index (χ3v) is 3.05. The van der Waals surface area contributed by atoms with Gasteiger partial charge >= 0.3 is 0 Å². The lowest BCUT2D eigenvalue weighted by atomic mass is 10.1. The van der Waals surface area contributed by atoms with E-state index in [0.29, 0.717) is 5.92 Å². The van der Waals surface area contributed by atoms with Crippen LogP contribution in [0.5, 0.6) is 0 Å². The van der Waals surface area contributed by atoms with Gasteiger partial charge in [0.1, 0.15) is 0 Å². The summed E-state index contributed by atoms with van der Waals surface area (Å²) >= 11 is 0. The molecule has 15 heavy (non-hydrogen) atoms. The third kappa shape index (κ3) is 2.13. The van der Waals surface area contributed by atoms with Crippen molar-refractivity contribution in [3.8, 4) is 0 Å². The number of hydrogen-bond donors (Lipinski definition) is 2. The molecule has 82 valence electrons. The van der Waals surface area contributed by atoms with Crippen molar-refractivity contribution in [3.63, 3.8) is 0 Å². The lowest BCUT2D eigenvalue weighted by Crippen LogP contribution is -2.21. The van der Waals surface area contributed by atoms with E-state index in [2.05, 4.69) is 4.90 Å². The van der Waals surface area contributed by atoms with Crippen LogP contribution in [0.3, 0.4) is 0 Å². The van der Waals surface area contributed by atoms with Gasteiger partial charge in [-0.05, 0) is 12.5 Å². The molecule has 2 N–H and O–H groups in total. The zero-order chi connectivity index (χ0) is 10.7. The molecule has 0 bridgehead atoms. The highest BCUT2D eigenvalue weighted by Crippen LogP contribution is 2.26. The summed E-state index contributed by atoms with van der Waals surface area (Å²) in [6.45, 7) is 2.21. The monoisotopic (exact) mass is 207 g/mol. The van der Waals surface area contributed by atoms with Crippen molar-refractivity contribution in [2.24, 2.45) is 5.92 Å². The van der Waals surface area contributed by atoms with E-state index >= 15 is 0 Å². The molecular weight excluding hydrogens is 190 g/mol. The summed E-state index contributed by atoms with van der Waals surface area (Å²) in [5.74, 6) is 0.386. The predicted octanol–water partition coefficient (Wildman–Crippen LogP) is 0.998. The van der Waals surface area contributed by atoms with E-state index in [1.54, 1.807) is 0 Å². The maximum Gasteiger partial charge on any atom is 0.0702 e. The van der Waals surface area contributed by atoms with Crippen LogP contribution in [0.25, 0.3) is 0 Å². The van der Waals surface area contributed by atoms with Crippen LogP contribution in [-0.2, 0) is 6.61 Å². The standard InChI is InChI=1S/C12H17NO2/c14-8-10-5-6-13(7-10)12-4-2-1-3-11(12)9-15/h1-4,10,14-15H,5-9H2. The Labute approximate surface area is 90.0 Å². The highest BCUT2D eigenvalue weighted by molar-refractivity contribution is 5.54. The van der Waals surface area contributed by atoms with Gasteiger partial charge in [0, 0.05) is 36.9 Å². The zero-order valence-electron chi connectivity index (χ0n) is 8.76. The van der Waals surface area contributed by atoms with Crippen LogP contribution < -0.4 is 4.90 Å². The third-order valence-electron chi connectivity index (χ3n) is 3.05. The molecule has 1 aliphatic rings. The molecule has 0 radical (unpaired) electrons. The molecule has 1 saturated heterocycles. The first kappa shape index (κ1) is 10.5. The van der Waals surface area contributed by atoms with Crippen LogP contribution in [0.1, 0.15) is 12.0 Å². The second kappa shape index (κ2) is 4.64. The SMILES string of the molecule is OCc1ccccc1N1CCC(CO)C1. The van der Waals surface area contributed by atoms with E-state index < -0.39 is 0 Å². The lowest BCUT2D eigenvalue weighted by Gasteiger charge is -2.21. The molecule has 0 amide bonds. The molecule has 0 spiro atoms. The highest BCUT2D eigenvalue weighted by atomic mass is 16.3. The highest BCUT2D eigenvalue weighted by Gasteiger charge is 2.22. The second-order valence-corrected chi connectivity index (χ2v) is 4.07. The van der Waals surface area contributed by atoms with Gasteiger partial charge in [-0.1, -0.05) is 18.2 Å². The minimum absolute atomic E-state index is 0.0798. The van der Waals surface area contributed by atoms with E-state index in [9.17, 15) is 5.11 Å². The molecule has 2 rings (SSSR count). The van der Waals surface area contributed by atoms with Crippen molar-refractivity contribution >= 4 is 5.69 Å². The minimum atomic E-state index is 0.0798. The van der Waals surface area contributed by atoms with Gasteiger partial charge < -0.3 is 15.1 Å². The Bertz CT molecular complexity index is 327. The van der Waals surface area contributed by atoms with Crippen LogP contribution in [0.15, 0.2) is 24.3 Å². The van der Waals surface area contributed by atoms with Crippen molar-refractivity contribution in [3.05, 3.63) is 29.8 Å². The number of hydrogen-bond acceptors (Lipinski definition) is 3. The Balaban J connectivity index is 2.16. The van der Waals surface area contributed by atoms with Crippen molar-refractivity contribution in [2.75, 3.05) is 24.6 Å². The van der Waals surface area contributed by atoms with E-state index in [0.717, 1.165) is 30.8 Å². The van der Waals surface area contributed by atoms with Crippen molar-refractivity contribution < 1.29 is 10.2 Å². The number of aliphatic hydroxyl groups excluding tert-OH is 2. The van der Waals surface area contributed by atoms with Crippen LogP contribution in [0.2, 0.25) is 0 Å². The Morgan fingerprint density at radius 3 is 2.73 bits per heavy atom. The molecular formula is C12H17NO2. The number of benzene rings is 1. The average Bonchev–Trinajstić information content (AvgIpc) is 2.77. The lowest BCUT2D eigenvalue weighted by molar-refractivity contribution is 0.238. The first-order valence-corrected chi connectivity index (χ1v) is 5.39. The summed E-state index contributed by atoms with van der Waals surface area (Å²) in [5, 5.41) is 18.3. The molecule has 1 atom stereocenters. The molecule has 1 heterocycles. The molecule has 0 aliphatic carbocycles. The maximum atomic E-state index is 9.23. The van der Waals surface area contributed by atoms with E-state index in [-0.39, 0.29) is 13.2 Å². The van der Waals surface area contributed by atoms with E-state index in [1.807, 2.05) is 24.3 Å². The van der Waals surface area contributed by atoms with Crippen molar-refractivity contribution in [2.45, 2.75) is 13.0 Å². The topological polar surface area (TPSA) is 43.7 Å². The molecule has 1 aliphatic heterocycles. The molecule has 1 aromatic carbocycles. The van der Waals surface area contributed by atoms with Crippen molar-refractivity contribution in [1.82, 2.24) is 0 Å². The molecule has 1 fully saturated rings. The Morgan fingerprint density at radius 1 is 1.27 bits per heavy atom. The second-order valence-electron chi connectivity index (χ2n) is 4.07. The number of nitrogens with zero attached hydrogens (tertiary/aromatic N) is 1. The summed E-state index contributed by atoms with van der Waals surface area (Å²) in [6, 6.07) is 7.91. The largest absolute Gasteiger partial charge is 0.396 e. The summed E-state index contributed by atoms with van der Waals surface area (Å²) in [5.41, 5.74) is 2.08. The van der Waals surface area contributed by atoms with Crippen LogP contribution in [0.4, 0.5) is 5.69 Å². The number of aliphatic hydroxyl groups is 2. The normalized spacial score (nSPS) is 20.9. The first-order chi connectivity index (χ1) is 7.35. The van der Waals surface area contributed by atoms with Gasteiger partial charge in [-0.15, -0.1) is 0 Å². The van der Waals surface area contributed by atoms with Gasteiger partial charge in [-0.2, -0.15) is 0 Å². The molecule has 0 saturated carbocycles. The fourth-order valence-corrected chi connectivity index (χ4v) is 2.15. The smallest absolute Gasteiger partial charge is 0.0702 e. The zero-order valence-corrected chi connectivity index (χ0v) is 8.76. The van der Waals surface area contributed by atoms with Gasteiger partial charge in [0.25, 0.3) is 0 Å². The number of rotatable bonds is 3. The maximum absolute atomic E-state index is 9.23. The quantitative estimate of drug-likeness (QED) is 0.777. The first-order valence-electron chi connectivity index (χ1n) is 5.39. The van der Waals surface area contributed by atoms with E-state index in [4.69, 9.17) is 5.11 Å². The number of anilines is 1. The number of para-hydroxylation sites is 1. The van der Waals surface area contributed by atoms with Gasteiger partial charge in [-0.25, -0.2) is 0 Å². The van der Waals surface area contributed by atoms with E-state index in [1.165, 1.54) is 0 Å². The Hall–Kier alpha value is -1.06. The summed E-state index contributed by atoms with van der Waals surface area (Å²) in [6.07, 6.45) is 1.04. The van der Waals surface area contributed by atoms with Gasteiger partial charge in [0.15, 0.2) is 0 Å². The van der Waals surface area contributed by atoms with Crippen molar-refractivity contribution in [1.29, 1.82) is 0 Å². The molecule has 3 nitrogen and oxygen atoms in total.